The summed E-state index contributed by atoms with van der Waals surface area (Å²) >= 11 is 3.12. The minimum Gasteiger partial charge on any atom is -0.550 e. The van der Waals surface area contributed by atoms with Crippen molar-refractivity contribution in [3.63, 3.8) is 0 Å². The Labute approximate surface area is 99.8 Å². The second-order valence-corrected chi connectivity index (χ2v) is 2.78. The summed E-state index contributed by atoms with van der Waals surface area (Å²) in [6.45, 7) is 0. The molecule has 0 amide bonds. The standard InChI is InChI=1S/C6H5BrN2O2.Na/c7-4-2-8-5(9-3-4)1-6(10)11;/h2-3H,1H2,(H,10,11);/q;+1/p-1. The van der Waals surface area contributed by atoms with Gasteiger partial charge >= 0.3 is 29.6 Å². The van der Waals surface area contributed by atoms with E-state index in [1.165, 1.54) is 12.4 Å². The maximum Gasteiger partial charge on any atom is 1.00 e. The van der Waals surface area contributed by atoms with Gasteiger partial charge in [0.15, 0.2) is 0 Å². The van der Waals surface area contributed by atoms with Gasteiger partial charge in [-0.1, -0.05) is 0 Å². The predicted octanol–water partition coefficient (Wildman–Crippen LogP) is -3.46. The van der Waals surface area contributed by atoms with E-state index in [0.29, 0.717) is 0 Å². The van der Waals surface area contributed by atoms with E-state index in [-0.39, 0.29) is 41.8 Å². The van der Waals surface area contributed by atoms with Crippen LogP contribution in [0.25, 0.3) is 0 Å². The monoisotopic (exact) mass is 238 g/mol. The summed E-state index contributed by atoms with van der Waals surface area (Å²) in [6, 6.07) is 0. The fourth-order valence-electron chi connectivity index (χ4n) is 0.559. The third-order valence-electron chi connectivity index (χ3n) is 0.976. The smallest absolute Gasteiger partial charge is 0.550 e. The number of carbonyl (C=O) groups is 1. The molecule has 12 heavy (non-hydrogen) atoms. The predicted molar refractivity (Wildman–Crippen MR) is 38.4 cm³/mol. The van der Waals surface area contributed by atoms with E-state index in [1.54, 1.807) is 0 Å². The number of carbonyl (C=O) groups excluding carboxylic acids is 1. The van der Waals surface area contributed by atoms with Crippen molar-refractivity contribution < 1.29 is 39.5 Å². The number of carboxylic acid groups (broad SMARTS) is 1. The van der Waals surface area contributed by atoms with Crippen LogP contribution in [0.1, 0.15) is 5.82 Å². The molecule has 0 aliphatic rings. The van der Waals surface area contributed by atoms with E-state index in [2.05, 4.69) is 25.9 Å². The SMILES string of the molecule is O=C([O-])Cc1ncc(Br)cn1.[Na+]. The Kier molecular flexibility index (Phi) is 5.65. The molecule has 1 aromatic rings. The Balaban J connectivity index is 0.00000121. The van der Waals surface area contributed by atoms with Crippen LogP contribution in [0, 0.1) is 0 Å². The first-order chi connectivity index (χ1) is 5.18. The summed E-state index contributed by atoms with van der Waals surface area (Å²) < 4.78 is 0.722. The van der Waals surface area contributed by atoms with Crippen LogP contribution < -0.4 is 34.7 Å². The molecule has 0 N–H and O–H groups in total. The molecule has 58 valence electrons. The molecule has 0 fully saturated rings. The number of aromatic nitrogens is 2. The second-order valence-electron chi connectivity index (χ2n) is 1.87. The third kappa shape index (κ3) is 4.15. The topological polar surface area (TPSA) is 65.9 Å². The fraction of sp³-hybridized carbons (Fsp3) is 0.167. The molecule has 0 unspecified atom stereocenters. The Morgan fingerprint density at radius 2 is 2.00 bits per heavy atom. The molecule has 4 nitrogen and oxygen atoms in total. The zero-order valence-electron chi connectivity index (χ0n) is 6.45. The van der Waals surface area contributed by atoms with Crippen LogP contribution >= 0.6 is 15.9 Å². The van der Waals surface area contributed by atoms with Crippen molar-refractivity contribution in [3.8, 4) is 0 Å². The summed E-state index contributed by atoms with van der Waals surface area (Å²) in [5.41, 5.74) is 0. The maximum absolute atomic E-state index is 10.1. The van der Waals surface area contributed by atoms with Gasteiger partial charge in [0.25, 0.3) is 0 Å². The average molecular weight is 239 g/mol. The molecule has 0 aromatic carbocycles. The average Bonchev–Trinajstić information content (AvgIpc) is 1.93. The number of nitrogens with zero attached hydrogens (tertiary/aromatic N) is 2. The number of halogens is 1. The summed E-state index contributed by atoms with van der Waals surface area (Å²) in [4.78, 5) is 17.5. The van der Waals surface area contributed by atoms with Crippen LogP contribution in [-0.4, -0.2) is 15.9 Å². The Morgan fingerprint density at radius 3 is 2.42 bits per heavy atom. The summed E-state index contributed by atoms with van der Waals surface area (Å²) in [5.74, 6) is -0.916. The number of rotatable bonds is 2. The van der Waals surface area contributed by atoms with Crippen LogP contribution in [0.4, 0.5) is 0 Å². The first kappa shape index (κ1) is 12.0. The fourth-order valence-corrected chi connectivity index (χ4v) is 0.764. The number of aliphatic carboxylic acids is 1. The van der Waals surface area contributed by atoms with Crippen molar-refractivity contribution in [3.05, 3.63) is 22.7 Å². The molecule has 0 aliphatic heterocycles. The molecule has 0 saturated heterocycles. The number of carboxylic acids is 1. The maximum atomic E-state index is 10.1. The molecule has 6 heteroatoms. The van der Waals surface area contributed by atoms with E-state index < -0.39 is 5.97 Å². The van der Waals surface area contributed by atoms with Crippen LogP contribution in [-0.2, 0) is 11.2 Å². The molecule has 0 saturated carbocycles. The third-order valence-corrected chi connectivity index (χ3v) is 1.39. The minimum atomic E-state index is -1.17. The summed E-state index contributed by atoms with van der Waals surface area (Å²) in [5, 5.41) is 10.1. The minimum absolute atomic E-state index is 0. The van der Waals surface area contributed by atoms with Crippen molar-refractivity contribution in [2.45, 2.75) is 6.42 Å². The number of hydrogen-bond donors (Lipinski definition) is 0. The molecule has 0 spiro atoms. The van der Waals surface area contributed by atoms with E-state index in [0.717, 1.165) is 4.47 Å². The van der Waals surface area contributed by atoms with Gasteiger partial charge in [0.05, 0.1) is 4.47 Å². The zero-order valence-corrected chi connectivity index (χ0v) is 10.0. The van der Waals surface area contributed by atoms with Gasteiger partial charge in [0, 0.05) is 24.8 Å². The normalized spacial score (nSPS) is 8.75. The van der Waals surface area contributed by atoms with E-state index in [4.69, 9.17) is 0 Å². The van der Waals surface area contributed by atoms with Gasteiger partial charge in [0.1, 0.15) is 5.82 Å². The van der Waals surface area contributed by atoms with Gasteiger partial charge < -0.3 is 9.90 Å². The van der Waals surface area contributed by atoms with Gasteiger partial charge in [-0.15, -0.1) is 0 Å². The van der Waals surface area contributed by atoms with E-state index in [1.807, 2.05) is 0 Å². The molecule has 0 atom stereocenters. The van der Waals surface area contributed by atoms with Gasteiger partial charge in [-0.25, -0.2) is 9.97 Å². The van der Waals surface area contributed by atoms with Crippen LogP contribution in [0.5, 0.6) is 0 Å². The van der Waals surface area contributed by atoms with E-state index in [9.17, 15) is 9.90 Å². The van der Waals surface area contributed by atoms with Crippen molar-refractivity contribution >= 4 is 21.9 Å². The van der Waals surface area contributed by atoms with Crippen LogP contribution in [0.2, 0.25) is 0 Å². The van der Waals surface area contributed by atoms with Crippen molar-refractivity contribution in [1.82, 2.24) is 9.97 Å². The van der Waals surface area contributed by atoms with Crippen molar-refractivity contribution in [1.29, 1.82) is 0 Å². The summed E-state index contributed by atoms with van der Waals surface area (Å²) in [6.07, 6.45) is 2.74. The molecular weight excluding hydrogens is 235 g/mol. The molecule has 0 aliphatic carbocycles. The first-order valence-corrected chi connectivity index (χ1v) is 3.64. The molecule has 0 radical (unpaired) electrons. The molecule has 1 aromatic heterocycles. The van der Waals surface area contributed by atoms with Crippen LogP contribution in [0.3, 0.4) is 0 Å². The Hall–Kier alpha value is 0.0300. The molecule has 0 bridgehead atoms. The second kappa shape index (κ2) is 5.64. The van der Waals surface area contributed by atoms with Gasteiger partial charge in [-0.3, -0.25) is 0 Å². The van der Waals surface area contributed by atoms with Gasteiger partial charge in [0.2, 0.25) is 0 Å². The first-order valence-electron chi connectivity index (χ1n) is 2.85. The van der Waals surface area contributed by atoms with Crippen molar-refractivity contribution in [2.75, 3.05) is 0 Å². The zero-order chi connectivity index (χ0) is 8.27. The largest absolute Gasteiger partial charge is 1.00 e. The quantitative estimate of drug-likeness (QED) is 0.503. The molecule has 1 rings (SSSR count). The summed E-state index contributed by atoms with van der Waals surface area (Å²) in [7, 11) is 0. The molecular formula is C6H4BrN2NaO2. The Morgan fingerprint density at radius 1 is 1.50 bits per heavy atom. The van der Waals surface area contributed by atoms with Crippen LogP contribution in [0.15, 0.2) is 16.9 Å². The van der Waals surface area contributed by atoms with Crippen molar-refractivity contribution in [2.24, 2.45) is 0 Å². The van der Waals surface area contributed by atoms with Gasteiger partial charge in [-0.05, 0) is 15.9 Å². The molecule has 1 heterocycles. The Bertz CT molecular complexity index is 265. The van der Waals surface area contributed by atoms with E-state index >= 15 is 0 Å². The van der Waals surface area contributed by atoms with Gasteiger partial charge in [-0.2, -0.15) is 0 Å². The number of hydrogen-bond acceptors (Lipinski definition) is 4.